The molecule has 0 heterocycles. The molecule has 0 saturated carbocycles. The molecule has 0 spiro atoms. The van der Waals surface area contributed by atoms with Crippen LogP contribution in [0.1, 0.15) is 22.0 Å². The second-order valence-electron chi connectivity index (χ2n) is 4.54. The fourth-order valence-corrected chi connectivity index (χ4v) is 2.02. The lowest BCUT2D eigenvalue weighted by molar-refractivity contribution is -0.128. The average Bonchev–Trinajstić information content (AvgIpc) is 2.57. The second kappa shape index (κ2) is 7.33. The fraction of sp³-hybridized carbons (Fsp3) is 0.111. The van der Waals surface area contributed by atoms with Crippen molar-refractivity contribution in [1.82, 2.24) is 0 Å². The predicted molar refractivity (Wildman–Crippen MR) is 82.8 cm³/mol. The van der Waals surface area contributed by atoms with E-state index in [0.717, 1.165) is 6.08 Å². The van der Waals surface area contributed by atoms with Crippen LogP contribution >= 0.6 is 0 Å². The van der Waals surface area contributed by atoms with Gasteiger partial charge < -0.3 is 9.47 Å². The van der Waals surface area contributed by atoms with Gasteiger partial charge in [-0.1, -0.05) is 49.0 Å². The summed E-state index contributed by atoms with van der Waals surface area (Å²) in [5.74, 6) is -0.272. The number of hydrogen-bond donors (Lipinski definition) is 0. The van der Waals surface area contributed by atoms with Crippen LogP contribution in [0.5, 0.6) is 5.75 Å². The molecule has 0 fully saturated rings. The Balaban J connectivity index is 2.19. The minimum absolute atomic E-state index is 0.126. The number of methoxy groups -OCH3 is 1. The molecule has 4 heteroatoms. The van der Waals surface area contributed by atoms with E-state index < -0.39 is 12.1 Å². The van der Waals surface area contributed by atoms with Crippen LogP contribution in [0.25, 0.3) is 0 Å². The number of ether oxygens (including phenoxy) is 2. The van der Waals surface area contributed by atoms with Crippen molar-refractivity contribution < 1.29 is 19.1 Å². The molecule has 0 aliphatic rings. The molecule has 2 rings (SSSR count). The molecule has 1 unspecified atom stereocenters. The number of carbonyl (C=O) groups is 2. The first-order chi connectivity index (χ1) is 10.7. The first-order valence-corrected chi connectivity index (χ1v) is 6.72. The Labute approximate surface area is 129 Å². The van der Waals surface area contributed by atoms with Gasteiger partial charge in [-0.2, -0.15) is 0 Å². The van der Waals surface area contributed by atoms with Crippen molar-refractivity contribution in [2.45, 2.75) is 6.10 Å². The largest absolute Gasteiger partial charge is 0.423 e. The zero-order valence-corrected chi connectivity index (χ0v) is 12.2. The highest BCUT2D eigenvalue weighted by Gasteiger charge is 2.21. The molecule has 4 nitrogen and oxygen atoms in total. The Hall–Kier alpha value is -2.72. The summed E-state index contributed by atoms with van der Waals surface area (Å²) >= 11 is 0. The van der Waals surface area contributed by atoms with Crippen molar-refractivity contribution in [3.63, 3.8) is 0 Å². The molecule has 2 aromatic carbocycles. The van der Waals surface area contributed by atoms with E-state index in [1.54, 1.807) is 48.5 Å². The lowest BCUT2D eigenvalue weighted by Crippen LogP contribution is -2.15. The molecule has 112 valence electrons. The van der Waals surface area contributed by atoms with Crippen LogP contribution in [0.3, 0.4) is 0 Å². The van der Waals surface area contributed by atoms with E-state index in [4.69, 9.17) is 9.47 Å². The van der Waals surface area contributed by atoms with Gasteiger partial charge in [0, 0.05) is 18.7 Å². The zero-order chi connectivity index (χ0) is 15.9. The number of ketones is 1. The molecule has 0 aromatic heterocycles. The van der Waals surface area contributed by atoms with E-state index in [-0.39, 0.29) is 5.78 Å². The molecule has 0 amide bonds. The van der Waals surface area contributed by atoms with Gasteiger partial charge in [0.25, 0.3) is 0 Å². The quantitative estimate of drug-likeness (QED) is 0.355. The van der Waals surface area contributed by atoms with Crippen molar-refractivity contribution in [3.8, 4) is 5.75 Å². The maximum Gasteiger partial charge on any atom is 0.335 e. The highest BCUT2D eigenvalue weighted by atomic mass is 16.5. The van der Waals surface area contributed by atoms with Crippen LogP contribution in [0.4, 0.5) is 0 Å². The summed E-state index contributed by atoms with van der Waals surface area (Å²) < 4.78 is 10.3. The first-order valence-electron chi connectivity index (χ1n) is 6.72. The molecule has 1 atom stereocenters. The number of rotatable bonds is 6. The van der Waals surface area contributed by atoms with Crippen LogP contribution in [-0.4, -0.2) is 18.9 Å². The van der Waals surface area contributed by atoms with Gasteiger partial charge in [-0.15, -0.1) is 0 Å². The third-order valence-corrected chi connectivity index (χ3v) is 3.10. The monoisotopic (exact) mass is 296 g/mol. The maximum atomic E-state index is 12.5. The Morgan fingerprint density at radius 2 is 1.68 bits per heavy atom. The standard InChI is InChI=1S/C18H16O4/c1-3-16(19)22-15-11-9-14(10-12-15)18(21-2)17(20)13-7-5-4-6-8-13/h3-12,18H,1H2,2H3. The van der Waals surface area contributed by atoms with Gasteiger partial charge in [-0.25, -0.2) is 4.79 Å². The molecule has 0 aliphatic heterocycles. The van der Waals surface area contributed by atoms with Crippen LogP contribution in [0.2, 0.25) is 0 Å². The van der Waals surface area contributed by atoms with Crippen LogP contribution in [-0.2, 0) is 9.53 Å². The first kappa shape index (κ1) is 15.7. The Kier molecular flexibility index (Phi) is 5.22. The van der Waals surface area contributed by atoms with E-state index in [9.17, 15) is 9.59 Å². The van der Waals surface area contributed by atoms with E-state index >= 15 is 0 Å². The topological polar surface area (TPSA) is 52.6 Å². The number of benzene rings is 2. The van der Waals surface area contributed by atoms with Crippen LogP contribution in [0.15, 0.2) is 67.3 Å². The van der Waals surface area contributed by atoms with Crippen molar-refractivity contribution in [2.75, 3.05) is 7.11 Å². The minimum atomic E-state index is -0.702. The van der Waals surface area contributed by atoms with Gasteiger partial charge in [0.15, 0.2) is 5.78 Å². The Morgan fingerprint density at radius 3 is 2.23 bits per heavy atom. The molecular formula is C18H16O4. The van der Waals surface area contributed by atoms with E-state index in [2.05, 4.69) is 6.58 Å². The SMILES string of the molecule is C=CC(=O)Oc1ccc(C(OC)C(=O)c2ccccc2)cc1. The van der Waals surface area contributed by atoms with Gasteiger partial charge in [-0.3, -0.25) is 4.79 Å². The Morgan fingerprint density at radius 1 is 1.05 bits per heavy atom. The van der Waals surface area contributed by atoms with Crippen molar-refractivity contribution in [1.29, 1.82) is 0 Å². The van der Waals surface area contributed by atoms with E-state index in [0.29, 0.717) is 16.9 Å². The number of esters is 1. The van der Waals surface area contributed by atoms with Crippen molar-refractivity contribution in [2.24, 2.45) is 0 Å². The summed E-state index contributed by atoms with van der Waals surface area (Å²) in [4.78, 5) is 23.6. The molecule has 0 N–H and O–H groups in total. The normalized spacial score (nSPS) is 11.5. The third-order valence-electron chi connectivity index (χ3n) is 3.10. The summed E-state index contributed by atoms with van der Waals surface area (Å²) in [5.41, 5.74) is 1.27. The zero-order valence-electron chi connectivity index (χ0n) is 12.2. The van der Waals surface area contributed by atoms with Crippen molar-refractivity contribution in [3.05, 3.63) is 78.4 Å². The highest BCUT2D eigenvalue weighted by Crippen LogP contribution is 2.24. The van der Waals surface area contributed by atoms with Crippen LogP contribution < -0.4 is 4.74 Å². The van der Waals surface area contributed by atoms with E-state index in [1.165, 1.54) is 7.11 Å². The maximum absolute atomic E-state index is 12.5. The van der Waals surface area contributed by atoms with Gasteiger partial charge in [0.05, 0.1) is 0 Å². The molecular weight excluding hydrogens is 280 g/mol. The van der Waals surface area contributed by atoms with Gasteiger partial charge in [0.1, 0.15) is 11.9 Å². The lowest BCUT2D eigenvalue weighted by atomic mass is 10.00. The fourth-order valence-electron chi connectivity index (χ4n) is 2.02. The molecule has 22 heavy (non-hydrogen) atoms. The summed E-state index contributed by atoms with van der Waals surface area (Å²) in [5, 5.41) is 0. The van der Waals surface area contributed by atoms with E-state index in [1.807, 2.05) is 6.07 Å². The highest BCUT2D eigenvalue weighted by molar-refractivity contribution is 6.00. The summed E-state index contributed by atoms with van der Waals surface area (Å²) in [6, 6.07) is 15.6. The third kappa shape index (κ3) is 3.68. The number of hydrogen-bond acceptors (Lipinski definition) is 4. The number of Topliss-reactive ketones (excluding diaryl/α,β-unsaturated/α-hetero) is 1. The summed E-state index contributed by atoms with van der Waals surface area (Å²) in [7, 11) is 1.48. The predicted octanol–water partition coefficient (Wildman–Crippen LogP) is 3.35. The molecule has 0 aliphatic carbocycles. The summed E-state index contributed by atoms with van der Waals surface area (Å²) in [6.45, 7) is 3.33. The average molecular weight is 296 g/mol. The molecule has 0 saturated heterocycles. The Bertz CT molecular complexity index is 659. The minimum Gasteiger partial charge on any atom is -0.423 e. The van der Waals surface area contributed by atoms with Crippen LogP contribution in [0, 0.1) is 0 Å². The lowest BCUT2D eigenvalue weighted by Gasteiger charge is -2.15. The van der Waals surface area contributed by atoms with Gasteiger partial charge in [-0.05, 0) is 17.7 Å². The molecule has 0 radical (unpaired) electrons. The smallest absolute Gasteiger partial charge is 0.335 e. The summed E-state index contributed by atoms with van der Waals surface area (Å²) in [6.07, 6.45) is 0.386. The second-order valence-corrected chi connectivity index (χ2v) is 4.54. The molecule has 0 bridgehead atoms. The molecule has 2 aromatic rings. The van der Waals surface area contributed by atoms with Gasteiger partial charge >= 0.3 is 5.97 Å². The number of carbonyl (C=O) groups excluding carboxylic acids is 2. The van der Waals surface area contributed by atoms with Gasteiger partial charge in [0.2, 0.25) is 0 Å². The van der Waals surface area contributed by atoms with Crippen molar-refractivity contribution >= 4 is 11.8 Å².